The van der Waals surface area contributed by atoms with Crippen molar-refractivity contribution in [1.29, 1.82) is 0 Å². The molecule has 2 aromatic heterocycles. The van der Waals surface area contributed by atoms with Gasteiger partial charge in [0, 0.05) is 49.5 Å². The highest BCUT2D eigenvalue weighted by Crippen LogP contribution is 2.30. The zero-order valence-electron chi connectivity index (χ0n) is 18.3. The van der Waals surface area contributed by atoms with Crippen LogP contribution >= 0.6 is 0 Å². The lowest BCUT2D eigenvalue weighted by Crippen LogP contribution is -2.52. The number of esters is 1. The first kappa shape index (κ1) is 20.9. The molecule has 1 unspecified atom stereocenters. The largest absolute Gasteiger partial charge is 0.464 e. The van der Waals surface area contributed by atoms with Crippen molar-refractivity contribution in [3.05, 3.63) is 66.7 Å². The number of hydrogen-bond acceptors (Lipinski definition) is 7. The van der Waals surface area contributed by atoms with Crippen molar-refractivity contribution < 1.29 is 18.7 Å². The fraction of sp³-hybridized carbons (Fsp3) is 0.280. The molecule has 2 aromatic carbocycles. The fourth-order valence-corrected chi connectivity index (χ4v) is 4.29. The third kappa shape index (κ3) is 4.24. The molecule has 1 amide bonds. The summed E-state index contributed by atoms with van der Waals surface area (Å²) in [6, 6.07) is 13.6. The van der Waals surface area contributed by atoms with Crippen molar-refractivity contribution in [2.45, 2.75) is 19.4 Å². The zero-order chi connectivity index (χ0) is 22.8. The van der Waals surface area contributed by atoms with Gasteiger partial charge in [0.15, 0.2) is 6.10 Å². The Labute approximate surface area is 190 Å². The molecule has 0 aliphatic carbocycles. The number of ether oxygens (including phenoxy) is 1. The van der Waals surface area contributed by atoms with E-state index in [-0.39, 0.29) is 12.3 Å². The number of fused-ring (bicyclic) bond motifs is 3. The van der Waals surface area contributed by atoms with E-state index in [2.05, 4.69) is 9.97 Å². The van der Waals surface area contributed by atoms with Crippen LogP contribution < -0.4 is 4.90 Å². The highest BCUT2D eigenvalue weighted by molar-refractivity contribution is 6.08. The Hall–Kier alpha value is -3.94. The summed E-state index contributed by atoms with van der Waals surface area (Å²) in [5.74, 6) is 0.00576. The van der Waals surface area contributed by atoms with Gasteiger partial charge in [-0.3, -0.25) is 9.59 Å². The molecule has 4 aromatic rings. The Morgan fingerprint density at radius 2 is 1.79 bits per heavy atom. The lowest BCUT2D eigenvalue weighted by Gasteiger charge is -2.35. The van der Waals surface area contributed by atoms with Gasteiger partial charge in [0.25, 0.3) is 5.91 Å². The van der Waals surface area contributed by atoms with Crippen molar-refractivity contribution in [3.8, 4) is 0 Å². The number of furan rings is 1. The third-order valence-corrected chi connectivity index (χ3v) is 5.96. The van der Waals surface area contributed by atoms with E-state index in [0.717, 1.165) is 27.3 Å². The van der Waals surface area contributed by atoms with Gasteiger partial charge in [-0.05, 0) is 29.8 Å². The monoisotopic (exact) mass is 444 g/mol. The summed E-state index contributed by atoms with van der Waals surface area (Å²) in [4.78, 5) is 37.8. The summed E-state index contributed by atoms with van der Waals surface area (Å²) < 4.78 is 11.2. The molecule has 8 heteroatoms. The van der Waals surface area contributed by atoms with Crippen LogP contribution in [0.15, 0.2) is 65.5 Å². The van der Waals surface area contributed by atoms with Gasteiger partial charge < -0.3 is 19.0 Å². The second-order valence-corrected chi connectivity index (χ2v) is 8.09. The van der Waals surface area contributed by atoms with Crippen LogP contribution in [0.1, 0.15) is 12.5 Å². The van der Waals surface area contributed by atoms with Crippen LogP contribution in [0.2, 0.25) is 0 Å². The SMILES string of the molecule is CC(OC(=O)Cc1coc2ccc3ccccc3c12)C(=O)N1CCN(c2ncccn2)CC1. The molecule has 1 aliphatic heterocycles. The molecule has 1 atom stereocenters. The van der Waals surface area contributed by atoms with E-state index in [0.29, 0.717) is 32.1 Å². The zero-order valence-corrected chi connectivity index (χ0v) is 18.3. The van der Waals surface area contributed by atoms with Crippen LogP contribution in [-0.2, 0) is 20.7 Å². The van der Waals surface area contributed by atoms with Gasteiger partial charge in [-0.1, -0.05) is 30.3 Å². The van der Waals surface area contributed by atoms with Crippen molar-refractivity contribution in [3.63, 3.8) is 0 Å². The topological polar surface area (TPSA) is 88.8 Å². The van der Waals surface area contributed by atoms with Gasteiger partial charge in [-0.15, -0.1) is 0 Å². The van der Waals surface area contributed by atoms with Gasteiger partial charge in [0.1, 0.15) is 5.58 Å². The van der Waals surface area contributed by atoms with E-state index in [1.807, 2.05) is 41.3 Å². The molecular weight excluding hydrogens is 420 g/mol. The number of rotatable bonds is 5. The van der Waals surface area contributed by atoms with E-state index in [9.17, 15) is 9.59 Å². The number of amides is 1. The highest BCUT2D eigenvalue weighted by atomic mass is 16.5. The van der Waals surface area contributed by atoms with Crippen molar-refractivity contribution in [2.24, 2.45) is 0 Å². The fourth-order valence-electron chi connectivity index (χ4n) is 4.29. The molecule has 1 aliphatic rings. The van der Waals surface area contributed by atoms with Crippen LogP contribution in [0.4, 0.5) is 5.95 Å². The first-order valence-corrected chi connectivity index (χ1v) is 11.0. The van der Waals surface area contributed by atoms with Gasteiger partial charge in [0.2, 0.25) is 5.95 Å². The molecule has 0 bridgehead atoms. The van der Waals surface area contributed by atoms with E-state index in [1.165, 1.54) is 0 Å². The van der Waals surface area contributed by atoms with E-state index < -0.39 is 12.1 Å². The summed E-state index contributed by atoms with van der Waals surface area (Å²) in [6.07, 6.45) is 4.18. The lowest BCUT2D eigenvalue weighted by atomic mass is 10.0. The number of benzene rings is 2. The lowest BCUT2D eigenvalue weighted by molar-refractivity contribution is -0.158. The summed E-state index contributed by atoms with van der Waals surface area (Å²) >= 11 is 0. The number of aromatic nitrogens is 2. The van der Waals surface area contributed by atoms with Crippen LogP contribution in [0, 0.1) is 0 Å². The predicted molar refractivity (Wildman–Crippen MR) is 124 cm³/mol. The highest BCUT2D eigenvalue weighted by Gasteiger charge is 2.28. The molecule has 0 N–H and O–H groups in total. The van der Waals surface area contributed by atoms with E-state index >= 15 is 0 Å². The minimum absolute atomic E-state index is 0.0394. The van der Waals surface area contributed by atoms with Gasteiger partial charge in [-0.25, -0.2) is 9.97 Å². The van der Waals surface area contributed by atoms with Crippen LogP contribution in [0.25, 0.3) is 21.7 Å². The molecule has 168 valence electrons. The number of anilines is 1. The molecule has 3 heterocycles. The molecule has 1 fully saturated rings. The molecule has 1 saturated heterocycles. The normalized spacial score (nSPS) is 15.1. The smallest absolute Gasteiger partial charge is 0.311 e. The number of carbonyl (C=O) groups is 2. The quantitative estimate of drug-likeness (QED) is 0.437. The number of hydrogen-bond donors (Lipinski definition) is 0. The van der Waals surface area contributed by atoms with Crippen LogP contribution in [0.5, 0.6) is 0 Å². The summed E-state index contributed by atoms with van der Waals surface area (Å²) in [5.41, 5.74) is 1.48. The second kappa shape index (κ2) is 8.90. The van der Waals surface area contributed by atoms with E-state index in [1.54, 1.807) is 36.5 Å². The Kier molecular flexibility index (Phi) is 5.64. The van der Waals surface area contributed by atoms with Crippen molar-refractivity contribution in [1.82, 2.24) is 14.9 Å². The Balaban J connectivity index is 1.21. The summed E-state index contributed by atoms with van der Waals surface area (Å²) in [6.45, 7) is 3.93. The number of piperazine rings is 1. The maximum Gasteiger partial charge on any atom is 0.311 e. The first-order chi connectivity index (χ1) is 16.1. The Morgan fingerprint density at radius 3 is 2.58 bits per heavy atom. The second-order valence-electron chi connectivity index (χ2n) is 8.09. The average molecular weight is 444 g/mol. The molecular formula is C25H24N4O4. The maximum absolute atomic E-state index is 12.8. The average Bonchev–Trinajstić information content (AvgIpc) is 3.27. The van der Waals surface area contributed by atoms with Gasteiger partial charge in [-0.2, -0.15) is 0 Å². The summed E-state index contributed by atoms with van der Waals surface area (Å²) in [5, 5.41) is 3.00. The maximum atomic E-state index is 12.8. The Bertz CT molecular complexity index is 1300. The standard InChI is InChI=1S/C25H24N4O4/c1-17(24(31)28-11-13-29(14-12-28)25-26-9-4-10-27-25)33-22(30)15-19-16-32-21-8-7-18-5-2-3-6-20(18)23(19)21/h2-10,16-17H,11-15H2,1H3. The first-order valence-electron chi connectivity index (χ1n) is 11.0. The molecule has 5 rings (SSSR count). The van der Waals surface area contributed by atoms with Crippen LogP contribution in [0.3, 0.4) is 0 Å². The predicted octanol–water partition coefficient (Wildman–Crippen LogP) is 3.20. The molecule has 0 spiro atoms. The number of nitrogens with zero attached hydrogens (tertiary/aromatic N) is 4. The molecule has 8 nitrogen and oxygen atoms in total. The minimum Gasteiger partial charge on any atom is -0.464 e. The molecule has 0 saturated carbocycles. The van der Waals surface area contributed by atoms with Crippen molar-refractivity contribution >= 4 is 39.6 Å². The minimum atomic E-state index is -0.855. The Morgan fingerprint density at radius 1 is 1.03 bits per heavy atom. The summed E-state index contributed by atoms with van der Waals surface area (Å²) in [7, 11) is 0. The van der Waals surface area contributed by atoms with Crippen LogP contribution in [-0.4, -0.2) is 59.0 Å². The molecule has 0 radical (unpaired) electrons. The number of carbonyl (C=O) groups excluding carboxylic acids is 2. The molecule has 33 heavy (non-hydrogen) atoms. The van der Waals surface area contributed by atoms with Gasteiger partial charge >= 0.3 is 5.97 Å². The third-order valence-electron chi connectivity index (χ3n) is 5.96. The van der Waals surface area contributed by atoms with Crippen molar-refractivity contribution in [2.75, 3.05) is 31.1 Å². The van der Waals surface area contributed by atoms with Gasteiger partial charge in [0.05, 0.1) is 12.7 Å². The van der Waals surface area contributed by atoms with E-state index in [4.69, 9.17) is 9.15 Å².